The van der Waals surface area contributed by atoms with Crippen molar-refractivity contribution < 1.29 is 13.2 Å². The van der Waals surface area contributed by atoms with E-state index in [9.17, 15) is 13.2 Å². The third kappa shape index (κ3) is 4.85. The van der Waals surface area contributed by atoms with Gasteiger partial charge in [-0.2, -0.15) is 4.99 Å². The van der Waals surface area contributed by atoms with E-state index in [1.54, 1.807) is 7.05 Å². The van der Waals surface area contributed by atoms with Crippen LogP contribution in [0.15, 0.2) is 46.3 Å². The first-order valence-electron chi connectivity index (χ1n) is 10.4. The Hall–Kier alpha value is -2.73. The third-order valence-corrected chi connectivity index (χ3v) is 8.29. The molecule has 0 saturated carbocycles. The molecule has 168 valence electrons. The second-order valence-electron chi connectivity index (χ2n) is 7.70. The predicted octanol–water partition coefficient (Wildman–Crippen LogP) is 4.11. The first-order chi connectivity index (χ1) is 15.2. The highest BCUT2D eigenvalue weighted by Crippen LogP contribution is 2.22. The van der Waals surface area contributed by atoms with Gasteiger partial charge in [-0.15, -0.1) is 6.42 Å². The quantitative estimate of drug-likeness (QED) is 0.489. The Balaban J connectivity index is 1.96. The molecule has 0 radical (unpaired) electrons. The summed E-state index contributed by atoms with van der Waals surface area (Å²) in [4.78, 5) is 17.8. The van der Waals surface area contributed by atoms with Gasteiger partial charge in [-0.05, 0) is 67.8 Å². The van der Waals surface area contributed by atoms with Crippen LogP contribution in [0.3, 0.4) is 0 Å². The summed E-state index contributed by atoms with van der Waals surface area (Å²) in [6, 6.07) is 10.0. The number of fused-ring (bicyclic) bond motifs is 1. The second kappa shape index (κ2) is 9.82. The summed E-state index contributed by atoms with van der Waals surface area (Å²) in [5, 5.41) is 0. The van der Waals surface area contributed by atoms with Crippen molar-refractivity contribution in [2.75, 3.05) is 13.6 Å². The lowest BCUT2D eigenvalue weighted by atomic mass is 10.1. The molecule has 0 unspecified atom stereocenters. The lowest BCUT2D eigenvalue weighted by Crippen LogP contribution is -2.27. The molecular weight excluding hydrogens is 442 g/mol. The fourth-order valence-corrected chi connectivity index (χ4v) is 5.57. The number of hydrogen-bond donors (Lipinski definition) is 0. The molecule has 0 aliphatic carbocycles. The van der Waals surface area contributed by atoms with Crippen LogP contribution in [0.5, 0.6) is 0 Å². The average Bonchev–Trinajstić information content (AvgIpc) is 3.08. The van der Waals surface area contributed by atoms with E-state index in [1.807, 2.05) is 25.3 Å². The molecular formula is C24H27N3O3S2. The summed E-state index contributed by atoms with van der Waals surface area (Å²) in [6.45, 7) is 6.84. The molecule has 6 nitrogen and oxygen atoms in total. The Morgan fingerprint density at radius 1 is 1.19 bits per heavy atom. The van der Waals surface area contributed by atoms with Crippen molar-refractivity contribution >= 4 is 37.5 Å². The molecule has 0 aliphatic rings. The Labute approximate surface area is 193 Å². The van der Waals surface area contributed by atoms with Crippen molar-refractivity contribution in [2.24, 2.45) is 4.99 Å². The minimum absolute atomic E-state index is 0.155. The van der Waals surface area contributed by atoms with Gasteiger partial charge in [0.25, 0.3) is 5.91 Å². The molecule has 0 N–H and O–H groups in total. The molecule has 32 heavy (non-hydrogen) atoms. The Kier molecular flexibility index (Phi) is 7.34. The van der Waals surface area contributed by atoms with Crippen LogP contribution in [0.4, 0.5) is 0 Å². The molecule has 0 atom stereocenters. The van der Waals surface area contributed by atoms with E-state index in [1.165, 1.54) is 39.9 Å². The summed E-state index contributed by atoms with van der Waals surface area (Å²) >= 11 is 1.41. The zero-order chi connectivity index (χ0) is 23.5. The van der Waals surface area contributed by atoms with Crippen molar-refractivity contribution in [3.05, 3.63) is 57.9 Å². The van der Waals surface area contributed by atoms with Gasteiger partial charge in [0, 0.05) is 19.2 Å². The maximum atomic E-state index is 12.8. The van der Waals surface area contributed by atoms with Gasteiger partial charge in [0.1, 0.15) is 0 Å². The van der Waals surface area contributed by atoms with Crippen molar-refractivity contribution in [1.29, 1.82) is 0 Å². The fourth-order valence-electron chi connectivity index (χ4n) is 3.25. The summed E-state index contributed by atoms with van der Waals surface area (Å²) in [5.74, 6) is 2.18. The lowest BCUT2D eigenvalue weighted by Gasteiger charge is -2.16. The highest BCUT2D eigenvalue weighted by molar-refractivity contribution is 7.89. The van der Waals surface area contributed by atoms with Gasteiger partial charge in [-0.25, -0.2) is 12.7 Å². The molecule has 3 aromatic rings. The molecule has 1 aromatic heterocycles. The number of hydrogen-bond acceptors (Lipinski definition) is 4. The number of aromatic nitrogens is 1. The molecule has 3 rings (SSSR count). The Morgan fingerprint density at radius 3 is 2.47 bits per heavy atom. The molecule has 1 heterocycles. The molecule has 8 heteroatoms. The van der Waals surface area contributed by atoms with E-state index >= 15 is 0 Å². The van der Waals surface area contributed by atoms with Gasteiger partial charge in [0.05, 0.1) is 21.7 Å². The SMILES string of the molecule is C#CCn1c(=NC(=O)c2ccc(S(=O)(=O)N(C)CCCC)cc2)sc2cc(C)c(C)cc21. The van der Waals surface area contributed by atoms with E-state index in [0.717, 1.165) is 34.2 Å². The number of unbranched alkanes of at least 4 members (excludes halogenated alkanes) is 1. The van der Waals surface area contributed by atoms with Crippen molar-refractivity contribution in [3.63, 3.8) is 0 Å². The van der Waals surface area contributed by atoms with Crippen molar-refractivity contribution in [3.8, 4) is 12.3 Å². The van der Waals surface area contributed by atoms with Crippen LogP contribution >= 0.6 is 11.3 Å². The normalized spacial score (nSPS) is 12.4. The molecule has 0 bridgehead atoms. The molecule has 0 aliphatic heterocycles. The molecule has 0 fully saturated rings. The highest BCUT2D eigenvalue weighted by Gasteiger charge is 2.20. The zero-order valence-corrected chi connectivity index (χ0v) is 20.4. The van der Waals surface area contributed by atoms with Crippen LogP contribution < -0.4 is 4.80 Å². The zero-order valence-electron chi connectivity index (χ0n) is 18.8. The standard InChI is InChI=1S/C24H27N3O3S2/c1-6-8-14-26(5)32(29,30)20-11-9-19(10-12-20)23(28)25-24-27(13-7-2)21-15-17(3)18(4)16-22(21)31-24/h2,9-12,15-16H,6,8,13-14H2,1,3-5H3. The van der Waals surface area contributed by atoms with Crippen LogP contribution in [0.1, 0.15) is 41.3 Å². The van der Waals surface area contributed by atoms with E-state index in [-0.39, 0.29) is 4.90 Å². The number of terminal acetylenes is 1. The van der Waals surface area contributed by atoms with Gasteiger partial charge in [0.2, 0.25) is 10.0 Å². The van der Waals surface area contributed by atoms with Gasteiger partial charge >= 0.3 is 0 Å². The number of sulfonamides is 1. The Morgan fingerprint density at radius 2 is 1.84 bits per heavy atom. The third-order valence-electron chi connectivity index (χ3n) is 5.38. The average molecular weight is 470 g/mol. The maximum absolute atomic E-state index is 12.8. The largest absolute Gasteiger partial charge is 0.305 e. The first-order valence-corrected chi connectivity index (χ1v) is 12.6. The van der Waals surface area contributed by atoms with Gasteiger partial charge in [0.15, 0.2) is 4.80 Å². The highest BCUT2D eigenvalue weighted by atomic mass is 32.2. The number of benzene rings is 2. The van der Waals surface area contributed by atoms with Crippen LogP contribution in [0, 0.1) is 26.2 Å². The van der Waals surface area contributed by atoms with Crippen LogP contribution in [-0.4, -0.2) is 36.8 Å². The number of nitrogens with zero attached hydrogens (tertiary/aromatic N) is 3. The second-order valence-corrected chi connectivity index (χ2v) is 10.8. The summed E-state index contributed by atoms with van der Waals surface area (Å²) in [6.07, 6.45) is 7.24. The van der Waals surface area contributed by atoms with Crippen LogP contribution in [-0.2, 0) is 16.6 Å². The number of rotatable bonds is 7. The molecule has 1 amide bonds. The van der Waals surface area contributed by atoms with Crippen molar-refractivity contribution in [2.45, 2.75) is 45.1 Å². The molecule has 2 aromatic carbocycles. The predicted molar refractivity (Wildman–Crippen MR) is 129 cm³/mol. The van der Waals surface area contributed by atoms with Gasteiger partial charge in [-0.3, -0.25) is 4.79 Å². The van der Waals surface area contributed by atoms with E-state index in [4.69, 9.17) is 6.42 Å². The smallest absolute Gasteiger partial charge is 0.279 e. The van der Waals surface area contributed by atoms with Gasteiger partial charge in [-0.1, -0.05) is 30.6 Å². The fraction of sp³-hybridized carbons (Fsp3) is 0.333. The summed E-state index contributed by atoms with van der Waals surface area (Å²) in [5.41, 5.74) is 3.56. The lowest BCUT2D eigenvalue weighted by molar-refractivity contribution is 0.0998. The van der Waals surface area contributed by atoms with E-state index in [2.05, 4.69) is 23.0 Å². The van der Waals surface area contributed by atoms with E-state index in [0.29, 0.717) is 23.5 Å². The topological polar surface area (TPSA) is 71.7 Å². The first kappa shape index (κ1) is 23.9. The molecule has 0 spiro atoms. The number of thiazole rings is 1. The molecule has 0 saturated heterocycles. The van der Waals surface area contributed by atoms with E-state index < -0.39 is 15.9 Å². The summed E-state index contributed by atoms with van der Waals surface area (Å²) < 4.78 is 29.6. The number of amides is 1. The minimum atomic E-state index is -3.58. The minimum Gasteiger partial charge on any atom is -0.305 e. The number of carbonyl (C=O) groups excluding carboxylic acids is 1. The summed E-state index contributed by atoms with van der Waals surface area (Å²) in [7, 11) is -2.02. The maximum Gasteiger partial charge on any atom is 0.279 e. The van der Waals surface area contributed by atoms with Gasteiger partial charge < -0.3 is 4.57 Å². The van der Waals surface area contributed by atoms with Crippen molar-refractivity contribution in [1.82, 2.24) is 8.87 Å². The van der Waals surface area contributed by atoms with Crippen LogP contribution in [0.2, 0.25) is 0 Å². The van der Waals surface area contributed by atoms with Crippen LogP contribution in [0.25, 0.3) is 10.2 Å². The monoisotopic (exact) mass is 469 g/mol. The number of aryl methyl sites for hydroxylation is 2. The Bertz CT molecular complexity index is 1360. The number of carbonyl (C=O) groups is 1.